The van der Waals surface area contributed by atoms with E-state index in [0.29, 0.717) is 0 Å². The van der Waals surface area contributed by atoms with Crippen molar-refractivity contribution in [2.45, 2.75) is 101 Å². The predicted molar refractivity (Wildman–Crippen MR) is 172 cm³/mol. The number of carbonyl (C=O) groups excluding carboxylic acids is 1. The molecule has 0 radical (unpaired) electrons. The minimum absolute atomic E-state index is 0.109. The van der Waals surface area contributed by atoms with E-state index in [9.17, 15) is 15.0 Å². The Morgan fingerprint density at radius 3 is 1.67 bits per heavy atom. The lowest BCUT2D eigenvalue weighted by Gasteiger charge is -2.41. The first kappa shape index (κ1) is 27.4. The monoisotopic (exact) mass is 562 g/mol. The molecule has 7 rings (SSSR count). The first-order valence-corrected chi connectivity index (χ1v) is 15.8. The van der Waals surface area contributed by atoms with Crippen LogP contribution in [0.1, 0.15) is 87.5 Å². The van der Waals surface area contributed by atoms with Gasteiger partial charge in [0.1, 0.15) is 6.10 Å². The minimum atomic E-state index is -1.30. The smallest absolute Gasteiger partial charge is 0.172 e. The SMILES string of the molecule is CCC1(CC)Cc2cccc3ccc(C4C(=O)C(O)C(c5ccc6cccc7c6c5NC(CC)(CC)C7)C4O)c(c23)N1. The number of aliphatic hydroxyl groups is 2. The first-order valence-electron chi connectivity index (χ1n) is 15.8. The fraction of sp³-hybridized carbons (Fsp3) is 0.432. The lowest BCUT2D eigenvalue weighted by atomic mass is 9.77. The second kappa shape index (κ2) is 9.82. The highest BCUT2D eigenvalue weighted by atomic mass is 16.3. The predicted octanol–water partition coefficient (Wildman–Crippen LogP) is 7.22. The summed E-state index contributed by atoms with van der Waals surface area (Å²) in [5.74, 6) is -1.85. The Balaban J connectivity index is 1.38. The van der Waals surface area contributed by atoms with E-state index in [2.05, 4.69) is 86.9 Å². The van der Waals surface area contributed by atoms with Crippen LogP contribution < -0.4 is 10.6 Å². The summed E-state index contributed by atoms with van der Waals surface area (Å²) in [5, 5.41) is 36.0. The molecule has 2 aliphatic heterocycles. The van der Waals surface area contributed by atoms with E-state index >= 15 is 0 Å². The lowest BCUT2D eigenvalue weighted by Crippen LogP contribution is -2.42. The largest absolute Gasteiger partial charge is 0.391 e. The third-order valence-corrected chi connectivity index (χ3v) is 11.2. The summed E-state index contributed by atoms with van der Waals surface area (Å²) in [6, 6.07) is 21.0. The van der Waals surface area contributed by atoms with Crippen molar-refractivity contribution in [2.24, 2.45) is 0 Å². The molecule has 42 heavy (non-hydrogen) atoms. The van der Waals surface area contributed by atoms with Gasteiger partial charge in [0.05, 0.1) is 12.0 Å². The Morgan fingerprint density at radius 1 is 0.690 bits per heavy atom. The van der Waals surface area contributed by atoms with Crippen LogP contribution in [0, 0.1) is 0 Å². The zero-order chi connectivity index (χ0) is 29.4. The average Bonchev–Trinajstić information content (AvgIpc) is 3.24. The van der Waals surface area contributed by atoms with E-state index in [0.717, 1.165) is 82.6 Å². The molecule has 0 amide bonds. The van der Waals surface area contributed by atoms with Gasteiger partial charge >= 0.3 is 0 Å². The summed E-state index contributed by atoms with van der Waals surface area (Å²) >= 11 is 0. The number of carbonyl (C=O) groups is 1. The molecular formula is C37H42N2O3. The normalized spacial score (nSPS) is 25.4. The van der Waals surface area contributed by atoms with E-state index < -0.39 is 24.0 Å². The molecule has 4 N–H and O–H groups in total. The number of ketones is 1. The third-order valence-electron chi connectivity index (χ3n) is 11.2. The molecular weight excluding hydrogens is 520 g/mol. The first-order chi connectivity index (χ1) is 20.3. The van der Waals surface area contributed by atoms with Gasteiger partial charge in [0.15, 0.2) is 5.78 Å². The van der Waals surface area contributed by atoms with E-state index in [-0.39, 0.29) is 16.9 Å². The summed E-state index contributed by atoms with van der Waals surface area (Å²) in [4.78, 5) is 14.0. The van der Waals surface area contributed by atoms with Crippen LogP contribution in [-0.2, 0) is 17.6 Å². The van der Waals surface area contributed by atoms with Crippen molar-refractivity contribution in [1.29, 1.82) is 0 Å². The molecule has 4 aromatic carbocycles. The molecule has 2 heterocycles. The number of anilines is 2. The van der Waals surface area contributed by atoms with E-state index in [1.165, 1.54) is 11.1 Å². The fourth-order valence-corrected chi connectivity index (χ4v) is 8.36. The summed E-state index contributed by atoms with van der Waals surface area (Å²) in [7, 11) is 0. The quantitative estimate of drug-likeness (QED) is 0.200. The standard InChI is InChI=1S/C37H42N2O3/c1-5-36(6-2)19-23-13-9-11-21-15-17-25(31(38-36)27(21)23)29-33(40)30(35(42)34(29)41)26-18-16-22-12-10-14-24-20-37(7-3,8-4)39-32(26)28(22)24/h9-18,29-30,33-34,38-41H,5-8,19-20H2,1-4H3. The Bertz CT molecular complexity index is 1720. The molecule has 4 aromatic rings. The lowest BCUT2D eigenvalue weighted by molar-refractivity contribution is -0.126. The van der Waals surface area contributed by atoms with Gasteiger partial charge < -0.3 is 20.8 Å². The maximum atomic E-state index is 14.0. The maximum absolute atomic E-state index is 14.0. The van der Waals surface area contributed by atoms with Gasteiger partial charge in [0, 0.05) is 39.1 Å². The van der Waals surface area contributed by atoms with Crippen LogP contribution >= 0.6 is 0 Å². The van der Waals surface area contributed by atoms with Crippen LogP contribution in [0.4, 0.5) is 11.4 Å². The van der Waals surface area contributed by atoms with Gasteiger partial charge in [-0.2, -0.15) is 0 Å². The molecule has 218 valence electrons. The number of benzene rings is 4. The van der Waals surface area contributed by atoms with Crippen LogP contribution in [-0.4, -0.2) is 39.3 Å². The second-order valence-corrected chi connectivity index (χ2v) is 13.0. The van der Waals surface area contributed by atoms with Crippen LogP contribution in [0.25, 0.3) is 21.5 Å². The van der Waals surface area contributed by atoms with Crippen LogP contribution in [0.5, 0.6) is 0 Å². The Morgan fingerprint density at radius 2 is 1.17 bits per heavy atom. The minimum Gasteiger partial charge on any atom is -0.391 e. The van der Waals surface area contributed by atoms with Crippen LogP contribution in [0.3, 0.4) is 0 Å². The van der Waals surface area contributed by atoms with Gasteiger partial charge in [-0.3, -0.25) is 4.79 Å². The van der Waals surface area contributed by atoms with E-state index in [1.807, 2.05) is 12.1 Å². The zero-order valence-corrected chi connectivity index (χ0v) is 25.1. The van der Waals surface area contributed by atoms with Gasteiger partial charge in [0.2, 0.25) is 0 Å². The highest BCUT2D eigenvalue weighted by Crippen LogP contribution is 2.52. The Labute approximate surface area is 248 Å². The molecule has 0 saturated heterocycles. The van der Waals surface area contributed by atoms with Crippen LogP contribution in [0.2, 0.25) is 0 Å². The molecule has 1 aliphatic carbocycles. The summed E-state index contributed by atoms with van der Waals surface area (Å²) in [6.45, 7) is 8.84. The third kappa shape index (κ3) is 3.79. The molecule has 5 nitrogen and oxygen atoms in total. The molecule has 0 bridgehead atoms. The van der Waals surface area contributed by atoms with Crippen LogP contribution in [0.15, 0.2) is 60.7 Å². The molecule has 4 unspecified atom stereocenters. The highest BCUT2D eigenvalue weighted by molar-refractivity contribution is 6.05. The second-order valence-electron chi connectivity index (χ2n) is 13.0. The Hall–Kier alpha value is -3.41. The van der Waals surface area contributed by atoms with Crippen molar-refractivity contribution in [3.63, 3.8) is 0 Å². The number of hydrogen-bond acceptors (Lipinski definition) is 5. The molecule has 4 atom stereocenters. The van der Waals surface area contributed by atoms with E-state index in [4.69, 9.17) is 0 Å². The number of aliphatic hydroxyl groups excluding tert-OH is 2. The average molecular weight is 563 g/mol. The van der Waals surface area contributed by atoms with Crippen molar-refractivity contribution in [1.82, 2.24) is 0 Å². The van der Waals surface area contributed by atoms with Crippen molar-refractivity contribution < 1.29 is 15.0 Å². The Kier molecular flexibility index (Phi) is 6.41. The van der Waals surface area contributed by atoms with Gasteiger partial charge in [-0.25, -0.2) is 0 Å². The summed E-state index contributed by atoms with van der Waals surface area (Å²) < 4.78 is 0. The van der Waals surface area contributed by atoms with E-state index in [1.54, 1.807) is 0 Å². The molecule has 1 fully saturated rings. The molecule has 0 spiro atoms. The zero-order valence-electron chi connectivity index (χ0n) is 25.1. The molecule has 3 aliphatic rings. The van der Waals surface area contributed by atoms with Crippen molar-refractivity contribution in [2.75, 3.05) is 10.6 Å². The number of Topliss-reactive ketones (excluding diaryl/α,β-unsaturated/α-hetero) is 1. The highest BCUT2D eigenvalue weighted by Gasteiger charge is 2.52. The number of hydrogen-bond donors (Lipinski definition) is 4. The van der Waals surface area contributed by atoms with Crippen molar-refractivity contribution in [3.05, 3.63) is 82.9 Å². The van der Waals surface area contributed by atoms with Gasteiger partial charge in [-0.15, -0.1) is 0 Å². The summed E-state index contributed by atoms with van der Waals surface area (Å²) in [6.07, 6.45) is 3.30. The fourth-order valence-electron chi connectivity index (χ4n) is 8.36. The molecule has 5 heteroatoms. The van der Waals surface area contributed by atoms with Crippen molar-refractivity contribution in [3.8, 4) is 0 Å². The van der Waals surface area contributed by atoms with Crippen molar-refractivity contribution >= 4 is 38.7 Å². The van der Waals surface area contributed by atoms with Gasteiger partial charge in [-0.1, -0.05) is 88.4 Å². The molecule has 1 saturated carbocycles. The number of rotatable bonds is 6. The topological polar surface area (TPSA) is 81.6 Å². The van der Waals surface area contributed by atoms with Gasteiger partial charge in [0.25, 0.3) is 0 Å². The molecule has 0 aromatic heterocycles. The summed E-state index contributed by atoms with van der Waals surface area (Å²) in [5.41, 5.74) is 5.86. The van der Waals surface area contributed by atoms with Gasteiger partial charge in [-0.05, 0) is 71.6 Å². The number of nitrogens with one attached hydrogen (secondary N) is 2. The maximum Gasteiger partial charge on any atom is 0.172 e.